The number of amides is 1. The molecule has 0 unspecified atom stereocenters. The van der Waals surface area contributed by atoms with Crippen LogP contribution in [0.4, 0.5) is 15.8 Å². The first-order valence-electron chi connectivity index (χ1n) is 7.55. The van der Waals surface area contributed by atoms with Gasteiger partial charge in [0.25, 0.3) is 0 Å². The zero-order chi connectivity index (χ0) is 18.6. The Hall–Kier alpha value is -1.93. The van der Waals surface area contributed by atoms with Crippen molar-refractivity contribution in [2.75, 3.05) is 15.9 Å². The molecule has 0 fully saturated rings. The van der Waals surface area contributed by atoms with E-state index in [9.17, 15) is 17.6 Å². The minimum atomic E-state index is -3.88. The van der Waals surface area contributed by atoms with Crippen LogP contribution in [0.25, 0.3) is 0 Å². The molecule has 1 amide bonds. The van der Waals surface area contributed by atoms with Crippen LogP contribution in [0.15, 0.2) is 53.0 Å². The van der Waals surface area contributed by atoms with Crippen molar-refractivity contribution in [3.05, 3.63) is 58.8 Å². The van der Waals surface area contributed by atoms with Crippen molar-refractivity contribution in [1.29, 1.82) is 0 Å². The molecule has 2 rings (SSSR count). The van der Waals surface area contributed by atoms with Gasteiger partial charge in [0.15, 0.2) is 0 Å². The lowest BCUT2D eigenvalue weighted by Crippen LogP contribution is -2.47. The number of nitrogens with zero attached hydrogens (tertiary/aromatic N) is 1. The first-order valence-corrected chi connectivity index (χ1v) is 10.2. The van der Waals surface area contributed by atoms with Crippen molar-refractivity contribution in [2.24, 2.45) is 0 Å². The number of rotatable bonds is 6. The van der Waals surface area contributed by atoms with Crippen LogP contribution in [0.2, 0.25) is 0 Å². The van der Waals surface area contributed by atoms with E-state index >= 15 is 0 Å². The lowest BCUT2D eigenvalue weighted by molar-refractivity contribution is -0.117. The number of carbonyl (C=O) groups is 1. The molecule has 0 heterocycles. The zero-order valence-electron chi connectivity index (χ0n) is 13.7. The normalized spacial score (nSPS) is 12.5. The summed E-state index contributed by atoms with van der Waals surface area (Å²) < 4.78 is 40.2. The molecule has 2 aromatic rings. The standard InChI is InChI=1S/C17H18BrFN2O3S/c1-3-15(17(22)20-14-10-6-4-8-12(14)18)21(25(2,23)24)16-11-7-5-9-13(16)19/h4-11,15H,3H2,1-2H3,(H,20,22)/t15-/m0/s1. The van der Waals surface area contributed by atoms with Crippen molar-refractivity contribution in [1.82, 2.24) is 0 Å². The van der Waals surface area contributed by atoms with E-state index < -0.39 is 27.8 Å². The third-order valence-corrected chi connectivity index (χ3v) is 5.41. The molecule has 0 saturated heterocycles. The van der Waals surface area contributed by atoms with Crippen LogP contribution < -0.4 is 9.62 Å². The van der Waals surface area contributed by atoms with Gasteiger partial charge in [-0.25, -0.2) is 12.8 Å². The van der Waals surface area contributed by atoms with Gasteiger partial charge in [-0.2, -0.15) is 0 Å². The van der Waals surface area contributed by atoms with Crippen LogP contribution >= 0.6 is 15.9 Å². The van der Waals surface area contributed by atoms with Gasteiger partial charge in [0.05, 0.1) is 17.6 Å². The highest BCUT2D eigenvalue weighted by Gasteiger charge is 2.33. The number of sulfonamides is 1. The van der Waals surface area contributed by atoms with Gasteiger partial charge >= 0.3 is 0 Å². The lowest BCUT2D eigenvalue weighted by Gasteiger charge is -2.30. The Morgan fingerprint density at radius 2 is 1.80 bits per heavy atom. The Labute approximate surface area is 155 Å². The van der Waals surface area contributed by atoms with Gasteiger partial charge in [-0.1, -0.05) is 31.2 Å². The van der Waals surface area contributed by atoms with Gasteiger partial charge in [0.1, 0.15) is 11.9 Å². The Morgan fingerprint density at radius 3 is 2.36 bits per heavy atom. The van der Waals surface area contributed by atoms with Gasteiger partial charge in [-0.15, -0.1) is 0 Å². The predicted molar refractivity (Wildman–Crippen MR) is 101 cm³/mol. The predicted octanol–water partition coefficient (Wildman–Crippen LogP) is 3.77. The Kier molecular flexibility index (Phi) is 6.18. The average molecular weight is 429 g/mol. The van der Waals surface area contributed by atoms with Crippen molar-refractivity contribution in [3.8, 4) is 0 Å². The first kappa shape index (κ1) is 19.4. The maximum atomic E-state index is 14.2. The van der Waals surface area contributed by atoms with Crippen LogP contribution in [0.5, 0.6) is 0 Å². The molecule has 1 N–H and O–H groups in total. The molecule has 0 radical (unpaired) electrons. The number of hydrogen-bond donors (Lipinski definition) is 1. The maximum absolute atomic E-state index is 14.2. The summed E-state index contributed by atoms with van der Waals surface area (Å²) in [5, 5.41) is 2.69. The molecule has 134 valence electrons. The molecule has 0 aliphatic carbocycles. The fraction of sp³-hybridized carbons (Fsp3) is 0.235. The highest BCUT2D eigenvalue weighted by atomic mass is 79.9. The number of halogens is 2. The molecule has 0 aliphatic heterocycles. The summed E-state index contributed by atoms with van der Waals surface area (Å²) in [4.78, 5) is 12.7. The van der Waals surface area contributed by atoms with E-state index in [0.717, 1.165) is 16.6 Å². The summed E-state index contributed by atoms with van der Waals surface area (Å²) in [5.41, 5.74) is 0.354. The Bertz CT molecular complexity index is 874. The molecular formula is C17H18BrFN2O3S. The van der Waals surface area contributed by atoms with E-state index in [1.165, 1.54) is 18.2 Å². The number of para-hydroxylation sites is 2. The van der Waals surface area contributed by atoms with Crippen molar-refractivity contribution in [2.45, 2.75) is 19.4 Å². The number of nitrogens with one attached hydrogen (secondary N) is 1. The fourth-order valence-corrected chi connectivity index (χ4v) is 4.04. The van der Waals surface area contributed by atoms with Crippen LogP contribution in [0, 0.1) is 5.82 Å². The summed E-state index contributed by atoms with van der Waals surface area (Å²) in [7, 11) is -3.88. The molecule has 0 aromatic heterocycles. The molecule has 8 heteroatoms. The van der Waals surface area contributed by atoms with E-state index in [4.69, 9.17) is 0 Å². The average Bonchev–Trinajstić information content (AvgIpc) is 2.54. The van der Waals surface area contributed by atoms with Gasteiger partial charge in [0, 0.05) is 4.47 Å². The molecular weight excluding hydrogens is 411 g/mol. The molecule has 2 aromatic carbocycles. The number of carbonyl (C=O) groups excluding carboxylic acids is 1. The minimum Gasteiger partial charge on any atom is -0.323 e. The largest absolute Gasteiger partial charge is 0.323 e. The van der Waals surface area contributed by atoms with Crippen molar-refractivity contribution < 1.29 is 17.6 Å². The quantitative estimate of drug-likeness (QED) is 0.761. The summed E-state index contributed by atoms with van der Waals surface area (Å²) in [6, 6.07) is 11.4. The van der Waals surface area contributed by atoms with E-state index in [2.05, 4.69) is 21.2 Å². The summed E-state index contributed by atoms with van der Waals surface area (Å²) in [6.07, 6.45) is 1.13. The topological polar surface area (TPSA) is 66.5 Å². The van der Waals surface area contributed by atoms with Gasteiger partial charge in [-0.05, 0) is 46.6 Å². The second-order valence-corrected chi connectivity index (χ2v) is 8.12. The summed E-state index contributed by atoms with van der Waals surface area (Å²) in [5.74, 6) is -1.25. The monoisotopic (exact) mass is 428 g/mol. The Morgan fingerprint density at radius 1 is 1.20 bits per heavy atom. The highest BCUT2D eigenvalue weighted by molar-refractivity contribution is 9.10. The number of benzene rings is 2. The lowest BCUT2D eigenvalue weighted by atomic mass is 10.1. The molecule has 1 atom stereocenters. The second kappa shape index (κ2) is 7.97. The van der Waals surface area contributed by atoms with Crippen LogP contribution in [-0.2, 0) is 14.8 Å². The van der Waals surface area contributed by atoms with Crippen molar-refractivity contribution in [3.63, 3.8) is 0 Å². The van der Waals surface area contributed by atoms with Gasteiger partial charge in [0.2, 0.25) is 15.9 Å². The van der Waals surface area contributed by atoms with Crippen molar-refractivity contribution >= 4 is 43.2 Å². The summed E-state index contributed by atoms with van der Waals surface area (Å²) in [6.45, 7) is 1.67. The van der Waals surface area contributed by atoms with Crippen LogP contribution in [0.1, 0.15) is 13.3 Å². The van der Waals surface area contributed by atoms with E-state index in [-0.39, 0.29) is 12.1 Å². The summed E-state index contributed by atoms with van der Waals surface area (Å²) >= 11 is 3.32. The smallest absolute Gasteiger partial charge is 0.248 e. The van der Waals surface area contributed by atoms with Gasteiger partial charge < -0.3 is 5.32 Å². The molecule has 0 bridgehead atoms. The van der Waals surface area contributed by atoms with E-state index in [1.54, 1.807) is 31.2 Å². The number of anilines is 2. The molecule has 0 spiro atoms. The third-order valence-electron chi connectivity index (χ3n) is 3.55. The van der Waals surface area contributed by atoms with E-state index in [1.807, 2.05) is 0 Å². The van der Waals surface area contributed by atoms with Crippen LogP contribution in [0.3, 0.4) is 0 Å². The fourth-order valence-electron chi connectivity index (χ4n) is 2.44. The minimum absolute atomic E-state index is 0.154. The van der Waals surface area contributed by atoms with E-state index in [0.29, 0.717) is 10.2 Å². The molecule has 0 saturated carbocycles. The highest BCUT2D eigenvalue weighted by Crippen LogP contribution is 2.27. The second-order valence-electron chi connectivity index (χ2n) is 5.40. The molecule has 0 aliphatic rings. The first-order chi connectivity index (χ1) is 11.8. The van der Waals surface area contributed by atoms with Crippen LogP contribution in [-0.4, -0.2) is 26.6 Å². The molecule has 25 heavy (non-hydrogen) atoms. The third kappa shape index (κ3) is 4.58. The number of hydrogen-bond acceptors (Lipinski definition) is 3. The SMILES string of the molecule is CC[C@@H](C(=O)Nc1ccccc1Br)N(c1ccccc1F)S(C)(=O)=O. The zero-order valence-corrected chi connectivity index (χ0v) is 16.1. The molecule has 5 nitrogen and oxygen atoms in total. The Balaban J connectivity index is 2.42. The maximum Gasteiger partial charge on any atom is 0.248 e. The van der Waals surface area contributed by atoms with Gasteiger partial charge in [-0.3, -0.25) is 9.10 Å².